The van der Waals surface area contributed by atoms with Crippen LogP contribution in [-0.2, 0) is 25.8 Å². The summed E-state index contributed by atoms with van der Waals surface area (Å²) >= 11 is 0. The largest absolute Gasteiger partial charge is 0.354 e. The monoisotopic (exact) mass is 278 g/mol. The van der Waals surface area contributed by atoms with Crippen LogP contribution in [-0.4, -0.2) is 27.4 Å². The van der Waals surface area contributed by atoms with Crippen molar-refractivity contribution in [2.24, 2.45) is 0 Å². The van der Waals surface area contributed by atoms with Gasteiger partial charge in [0.25, 0.3) is 11.8 Å². The quantitative estimate of drug-likeness (QED) is 0.562. The Morgan fingerprint density at radius 2 is 1.70 bits per heavy atom. The summed E-state index contributed by atoms with van der Waals surface area (Å²) in [5.74, 6) is -1.39. The Morgan fingerprint density at radius 1 is 1.05 bits per heavy atom. The van der Waals surface area contributed by atoms with Crippen molar-refractivity contribution >= 4 is 17.8 Å². The summed E-state index contributed by atoms with van der Waals surface area (Å²) in [6, 6.07) is 3.95. The van der Waals surface area contributed by atoms with E-state index in [9.17, 15) is 14.4 Å². The molecule has 1 saturated heterocycles. The summed E-state index contributed by atoms with van der Waals surface area (Å²) in [5.41, 5.74) is 0. The molecule has 1 aromatic heterocycles. The van der Waals surface area contributed by atoms with E-state index in [0.717, 1.165) is 19.4 Å². The molecule has 0 aromatic carbocycles. The predicted molar refractivity (Wildman–Crippen MR) is 70.1 cm³/mol. The first-order valence-corrected chi connectivity index (χ1v) is 6.84. The number of aryl methyl sites for hydroxylation is 1. The lowest BCUT2D eigenvalue weighted by atomic mass is 10.2. The Morgan fingerprint density at radius 3 is 2.35 bits per heavy atom. The first kappa shape index (κ1) is 14.3. The molecular formula is C14H18N2O4. The fraction of sp³-hybridized carbons (Fsp3) is 0.500. The second-order valence-corrected chi connectivity index (χ2v) is 4.78. The summed E-state index contributed by atoms with van der Waals surface area (Å²) in [6.45, 7) is 0.922. The van der Waals surface area contributed by atoms with Crippen molar-refractivity contribution in [1.82, 2.24) is 9.63 Å². The van der Waals surface area contributed by atoms with Crippen LogP contribution in [0.1, 0.15) is 38.5 Å². The molecule has 0 spiro atoms. The summed E-state index contributed by atoms with van der Waals surface area (Å²) in [6.07, 6.45) is 7.04. The number of unbranched alkanes of at least 4 members (excludes halogenated alkanes) is 2. The van der Waals surface area contributed by atoms with Gasteiger partial charge in [-0.25, -0.2) is 4.79 Å². The lowest BCUT2D eigenvalue weighted by molar-refractivity contribution is -0.197. The van der Waals surface area contributed by atoms with E-state index in [4.69, 9.17) is 4.84 Å². The summed E-state index contributed by atoms with van der Waals surface area (Å²) in [5, 5.41) is 0.599. The Balaban J connectivity index is 1.58. The molecule has 0 bridgehead atoms. The fourth-order valence-corrected chi connectivity index (χ4v) is 2.07. The number of hydroxylamine groups is 2. The number of hydrogen-bond acceptors (Lipinski definition) is 4. The Hall–Kier alpha value is -2.11. The van der Waals surface area contributed by atoms with Crippen molar-refractivity contribution in [1.29, 1.82) is 0 Å². The van der Waals surface area contributed by atoms with Gasteiger partial charge in [-0.15, -0.1) is 5.06 Å². The van der Waals surface area contributed by atoms with Crippen LogP contribution >= 0.6 is 0 Å². The Kier molecular flexibility index (Phi) is 4.92. The third kappa shape index (κ3) is 3.94. The van der Waals surface area contributed by atoms with Crippen molar-refractivity contribution < 1.29 is 19.2 Å². The average molecular weight is 278 g/mol. The van der Waals surface area contributed by atoms with E-state index < -0.39 is 17.8 Å². The van der Waals surface area contributed by atoms with Crippen LogP contribution in [0.2, 0.25) is 0 Å². The molecule has 1 aromatic rings. The Labute approximate surface area is 117 Å². The number of aromatic nitrogens is 1. The second-order valence-electron chi connectivity index (χ2n) is 4.78. The van der Waals surface area contributed by atoms with Gasteiger partial charge in [0.15, 0.2) is 0 Å². The van der Waals surface area contributed by atoms with Crippen molar-refractivity contribution in [3.05, 3.63) is 24.5 Å². The minimum Gasteiger partial charge on any atom is -0.354 e. The van der Waals surface area contributed by atoms with Gasteiger partial charge in [-0.05, 0) is 25.0 Å². The summed E-state index contributed by atoms with van der Waals surface area (Å²) in [4.78, 5) is 38.8. The van der Waals surface area contributed by atoms with Crippen LogP contribution in [0.5, 0.6) is 0 Å². The SMILES string of the molecule is O=C(CCCCCn1cccc1)ON1C(=O)CCC1=O. The number of rotatable bonds is 7. The van der Waals surface area contributed by atoms with Crippen LogP contribution in [0.25, 0.3) is 0 Å². The molecule has 20 heavy (non-hydrogen) atoms. The van der Waals surface area contributed by atoms with Crippen LogP contribution in [0.3, 0.4) is 0 Å². The summed E-state index contributed by atoms with van der Waals surface area (Å²) < 4.78 is 2.08. The topological polar surface area (TPSA) is 68.6 Å². The highest BCUT2D eigenvalue weighted by Gasteiger charge is 2.32. The van der Waals surface area contributed by atoms with E-state index in [2.05, 4.69) is 4.57 Å². The second kappa shape index (κ2) is 6.88. The third-order valence-electron chi connectivity index (χ3n) is 3.16. The van der Waals surface area contributed by atoms with Crippen LogP contribution in [0, 0.1) is 0 Å². The first-order valence-electron chi connectivity index (χ1n) is 6.84. The molecule has 0 atom stereocenters. The number of hydrogen-bond donors (Lipinski definition) is 0. The minimum atomic E-state index is -0.519. The van der Waals surface area contributed by atoms with Crippen molar-refractivity contribution in [2.75, 3.05) is 0 Å². The van der Waals surface area contributed by atoms with Gasteiger partial charge < -0.3 is 9.40 Å². The molecule has 6 nitrogen and oxygen atoms in total. The number of imide groups is 1. The van der Waals surface area contributed by atoms with Gasteiger partial charge in [-0.1, -0.05) is 6.42 Å². The van der Waals surface area contributed by atoms with Crippen molar-refractivity contribution in [3.8, 4) is 0 Å². The van der Waals surface area contributed by atoms with Crippen molar-refractivity contribution in [3.63, 3.8) is 0 Å². The van der Waals surface area contributed by atoms with Gasteiger partial charge in [0.1, 0.15) is 0 Å². The zero-order valence-electron chi connectivity index (χ0n) is 11.3. The minimum absolute atomic E-state index is 0.128. The molecule has 0 aliphatic carbocycles. The maximum Gasteiger partial charge on any atom is 0.333 e. The number of carbonyl (C=O) groups is 3. The maximum absolute atomic E-state index is 11.5. The molecule has 0 N–H and O–H groups in total. The molecule has 108 valence electrons. The van der Waals surface area contributed by atoms with Gasteiger partial charge in [0, 0.05) is 38.2 Å². The van der Waals surface area contributed by atoms with Crippen LogP contribution < -0.4 is 0 Å². The molecule has 0 unspecified atom stereocenters. The summed E-state index contributed by atoms with van der Waals surface area (Å²) in [7, 11) is 0. The van der Waals surface area contributed by atoms with E-state index in [1.807, 2.05) is 24.5 Å². The molecule has 1 fully saturated rings. The molecule has 6 heteroatoms. The molecular weight excluding hydrogens is 260 g/mol. The molecule has 2 rings (SSSR count). The molecule has 0 radical (unpaired) electrons. The highest BCUT2D eigenvalue weighted by molar-refractivity contribution is 6.01. The average Bonchev–Trinajstić information content (AvgIpc) is 3.04. The fourth-order valence-electron chi connectivity index (χ4n) is 2.07. The van der Waals surface area contributed by atoms with E-state index in [1.165, 1.54) is 0 Å². The molecule has 2 amide bonds. The lowest BCUT2D eigenvalue weighted by Gasteiger charge is -2.12. The smallest absolute Gasteiger partial charge is 0.333 e. The highest BCUT2D eigenvalue weighted by Crippen LogP contribution is 2.13. The molecule has 0 saturated carbocycles. The molecule has 1 aliphatic rings. The number of amides is 2. The van der Waals surface area contributed by atoms with Gasteiger partial charge in [0.05, 0.1) is 0 Å². The predicted octanol–water partition coefficient (Wildman–Crippen LogP) is 1.66. The van der Waals surface area contributed by atoms with E-state index >= 15 is 0 Å². The first-order chi connectivity index (χ1) is 9.66. The zero-order valence-corrected chi connectivity index (χ0v) is 11.3. The van der Waals surface area contributed by atoms with Crippen molar-refractivity contribution in [2.45, 2.75) is 45.1 Å². The van der Waals surface area contributed by atoms with E-state index in [-0.39, 0.29) is 19.3 Å². The normalized spacial score (nSPS) is 14.9. The van der Waals surface area contributed by atoms with E-state index in [1.54, 1.807) is 0 Å². The third-order valence-corrected chi connectivity index (χ3v) is 3.16. The van der Waals surface area contributed by atoms with Gasteiger partial charge in [-0.2, -0.15) is 0 Å². The highest BCUT2D eigenvalue weighted by atomic mass is 16.7. The van der Waals surface area contributed by atoms with Gasteiger partial charge in [0.2, 0.25) is 0 Å². The van der Waals surface area contributed by atoms with E-state index in [0.29, 0.717) is 11.5 Å². The Bertz CT molecular complexity index is 465. The zero-order chi connectivity index (χ0) is 14.4. The van der Waals surface area contributed by atoms with Gasteiger partial charge >= 0.3 is 5.97 Å². The maximum atomic E-state index is 11.5. The number of carbonyl (C=O) groups excluding carboxylic acids is 3. The number of nitrogens with zero attached hydrogens (tertiary/aromatic N) is 2. The van der Waals surface area contributed by atoms with Crippen LogP contribution in [0.15, 0.2) is 24.5 Å². The molecule has 1 aliphatic heterocycles. The van der Waals surface area contributed by atoms with Gasteiger partial charge in [-0.3, -0.25) is 9.59 Å². The molecule has 2 heterocycles. The van der Waals surface area contributed by atoms with Crippen LogP contribution in [0.4, 0.5) is 0 Å². The lowest BCUT2D eigenvalue weighted by Crippen LogP contribution is -2.31. The standard InChI is InChI=1S/C14H18N2O4/c17-12-7-8-13(18)16(12)20-14(19)6-2-1-3-9-15-10-4-5-11-15/h4-5,10-11H,1-3,6-9H2.